The predicted molar refractivity (Wildman–Crippen MR) is 108 cm³/mol. The zero-order valence-electron chi connectivity index (χ0n) is 16.8. The number of benzene rings is 1. The highest BCUT2D eigenvalue weighted by molar-refractivity contribution is 5.98. The van der Waals surface area contributed by atoms with Gasteiger partial charge < -0.3 is 19.5 Å². The highest BCUT2D eigenvalue weighted by Gasteiger charge is 2.33. The van der Waals surface area contributed by atoms with E-state index in [-0.39, 0.29) is 23.6 Å². The van der Waals surface area contributed by atoms with Crippen molar-refractivity contribution in [2.45, 2.75) is 26.3 Å². The van der Waals surface area contributed by atoms with Gasteiger partial charge in [0.1, 0.15) is 12.3 Å². The number of furan rings is 1. The van der Waals surface area contributed by atoms with Gasteiger partial charge in [0, 0.05) is 31.7 Å². The van der Waals surface area contributed by atoms with Gasteiger partial charge in [0.15, 0.2) is 0 Å². The van der Waals surface area contributed by atoms with Crippen LogP contribution in [0.25, 0.3) is 0 Å². The minimum atomic E-state index is -0.594. The average Bonchev–Trinajstić information content (AvgIpc) is 3.31. The molecule has 3 rings (SSSR count). The molecule has 2 heterocycles. The summed E-state index contributed by atoms with van der Waals surface area (Å²) < 4.78 is 4.98. The molecule has 0 saturated carbocycles. The molecule has 1 aliphatic rings. The molecule has 7 heteroatoms. The molecule has 1 aliphatic heterocycles. The minimum Gasteiger partial charge on any atom is -0.472 e. The van der Waals surface area contributed by atoms with Crippen LogP contribution in [-0.4, -0.2) is 59.7 Å². The predicted octanol–water partition coefficient (Wildman–Crippen LogP) is 2.41. The molecule has 0 aliphatic carbocycles. The van der Waals surface area contributed by atoms with Crippen molar-refractivity contribution in [3.05, 3.63) is 60.1 Å². The molecule has 29 heavy (non-hydrogen) atoms. The number of carbonyl (C=O) groups excluding carboxylic acids is 3. The molecule has 2 aromatic rings. The Morgan fingerprint density at radius 3 is 2.24 bits per heavy atom. The van der Waals surface area contributed by atoms with Crippen LogP contribution in [0.1, 0.15) is 41.0 Å². The third-order valence-electron chi connectivity index (χ3n) is 5.45. The van der Waals surface area contributed by atoms with E-state index in [4.69, 9.17) is 4.42 Å². The molecular weight excluding hydrogens is 370 g/mol. The van der Waals surface area contributed by atoms with E-state index in [1.54, 1.807) is 40.1 Å². The first-order valence-corrected chi connectivity index (χ1v) is 9.97. The average molecular weight is 397 g/mol. The van der Waals surface area contributed by atoms with E-state index in [2.05, 4.69) is 5.32 Å². The highest BCUT2D eigenvalue weighted by Crippen LogP contribution is 2.15. The summed E-state index contributed by atoms with van der Waals surface area (Å²) in [6.07, 6.45) is 3.67. The Bertz CT molecular complexity index is 827. The van der Waals surface area contributed by atoms with Crippen LogP contribution in [-0.2, 0) is 4.79 Å². The van der Waals surface area contributed by atoms with Gasteiger partial charge in [0.05, 0.1) is 11.8 Å². The van der Waals surface area contributed by atoms with Crippen LogP contribution in [0.2, 0.25) is 0 Å². The van der Waals surface area contributed by atoms with Crippen molar-refractivity contribution in [1.82, 2.24) is 15.1 Å². The Morgan fingerprint density at radius 1 is 1.00 bits per heavy atom. The maximum Gasteiger partial charge on any atom is 0.257 e. The Balaban J connectivity index is 1.63. The summed E-state index contributed by atoms with van der Waals surface area (Å²) in [7, 11) is 0. The SMILES string of the molecule is CCC(C)C(NC(=O)c1ccccc1)C(=O)N1CCN(C(=O)c2ccoc2)CC1. The van der Waals surface area contributed by atoms with Crippen LogP contribution >= 0.6 is 0 Å². The smallest absolute Gasteiger partial charge is 0.257 e. The Labute approximate surface area is 170 Å². The van der Waals surface area contributed by atoms with E-state index >= 15 is 0 Å². The monoisotopic (exact) mass is 397 g/mol. The summed E-state index contributed by atoms with van der Waals surface area (Å²) in [5.74, 6) is -0.445. The minimum absolute atomic E-state index is 0.000698. The van der Waals surface area contributed by atoms with Crippen LogP contribution in [0.4, 0.5) is 0 Å². The molecule has 3 amide bonds. The molecule has 0 bridgehead atoms. The summed E-state index contributed by atoms with van der Waals surface area (Å²) in [4.78, 5) is 41.6. The van der Waals surface area contributed by atoms with Crippen LogP contribution in [0.3, 0.4) is 0 Å². The van der Waals surface area contributed by atoms with Crippen LogP contribution < -0.4 is 5.32 Å². The topological polar surface area (TPSA) is 82.9 Å². The largest absolute Gasteiger partial charge is 0.472 e. The molecule has 2 atom stereocenters. The molecule has 1 aromatic carbocycles. The van der Waals surface area contributed by atoms with E-state index in [1.165, 1.54) is 12.5 Å². The fourth-order valence-electron chi connectivity index (χ4n) is 3.39. The van der Waals surface area contributed by atoms with Crippen molar-refractivity contribution >= 4 is 17.7 Å². The lowest BCUT2D eigenvalue weighted by molar-refractivity contribution is -0.136. The second-order valence-corrected chi connectivity index (χ2v) is 7.33. The number of nitrogens with one attached hydrogen (secondary N) is 1. The summed E-state index contributed by atoms with van der Waals surface area (Å²) in [6.45, 7) is 5.76. The van der Waals surface area contributed by atoms with Crippen LogP contribution in [0, 0.1) is 5.92 Å². The van der Waals surface area contributed by atoms with E-state index in [9.17, 15) is 14.4 Å². The molecule has 1 saturated heterocycles. The third kappa shape index (κ3) is 4.85. The van der Waals surface area contributed by atoms with Crippen molar-refractivity contribution in [2.24, 2.45) is 5.92 Å². The van der Waals surface area contributed by atoms with Crippen molar-refractivity contribution < 1.29 is 18.8 Å². The van der Waals surface area contributed by atoms with E-state index in [1.807, 2.05) is 19.9 Å². The summed E-state index contributed by atoms with van der Waals surface area (Å²) in [6, 6.07) is 9.94. The van der Waals surface area contributed by atoms with Gasteiger partial charge in [-0.3, -0.25) is 14.4 Å². The zero-order valence-corrected chi connectivity index (χ0v) is 16.8. The molecule has 1 N–H and O–H groups in total. The lowest BCUT2D eigenvalue weighted by Crippen LogP contribution is -2.57. The molecule has 0 radical (unpaired) electrons. The lowest BCUT2D eigenvalue weighted by Gasteiger charge is -2.37. The van der Waals surface area contributed by atoms with Gasteiger partial charge in [-0.2, -0.15) is 0 Å². The van der Waals surface area contributed by atoms with Gasteiger partial charge in [-0.05, 0) is 24.1 Å². The number of hydrogen-bond donors (Lipinski definition) is 1. The Hall–Kier alpha value is -3.09. The van der Waals surface area contributed by atoms with Gasteiger partial charge in [0.2, 0.25) is 5.91 Å². The van der Waals surface area contributed by atoms with Gasteiger partial charge in [-0.25, -0.2) is 0 Å². The van der Waals surface area contributed by atoms with Crippen molar-refractivity contribution in [3.8, 4) is 0 Å². The first-order chi connectivity index (χ1) is 14.0. The third-order valence-corrected chi connectivity index (χ3v) is 5.45. The van der Waals surface area contributed by atoms with Gasteiger partial charge >= 0.3 is 0 Å². The maximum atomic E-state index is 13.2. The van der Waals surface area contributed by atoms with Gasteiger partial charge in [0.25, 0.3) is 11.8 Å². The fourth-order valence-corrected chi connectivity index (χ4v) is 3.39. The molecule has 154 valence electrons. The summed E-state index contributed by atoms with van der Waals surface area (Å²) in [5, 5.41) is 2.91. The number of amides is 3. The Morgan fingerprint density at radius 2 is 1.66 bits per heavy atom. The highest BCUT2D eigenvalue weighted by atomic mass is 16.3. The van der Waals surface area contributed by atoms with E-state index in [0.29, 0.717) is 37.3 Å². The lowest BCUT2D eigenvalue weighted by atomic mass is 9.97. The number of carbonyl (C=O) groups is 3. The fraction of sp³-hybridized carbons (Fsp3) is 0.409. The van der Waals surface area contributed by atoms with Gasteiger partial charge in [-0.15, -0.1) is 0 Å². The van der Waals surface area contributed by atoms with Crippen molar-refractivity contribution in [1.29, 1.82) is 0 Å². The quantitative estimate of drug-likeness (QED) is 0.811. The molecule has 1 aromatic heterocycles. The standard InChI is InChI=1S/C22H27N3O4/c1-3-16(2)19(23-20(26)17-7-5-4-6-8-17)22(28)25-12-10-24(11-13-25)21(27)18-9-14-29-15-18/h4-9,14-16,19H,3,10-13H2,1-2H3,(H,23,26). The zero-order chi connectivity index (χ0) is 20.8. The molecule has 2 unspecified atom stereocenters. The molecule has 7 nitrogen and oxygen atoms in total. The maximum absolute atomic E-state index is 13.2. The first kappa shape index (κ1) is 20.6. The van der Waals surface area contributed by atoms with Crippen LogP contribution in [0.15, 0.2) is 53.3 Å². The number of rotatable bonds is 6. The number of piperazine rings is 1. The summed E-state index contributed by atoms with van der Waals surface area (Å²) in [5.41, 5.74) is 1.04. The second-order valence-electron chi connectivity index (χ2n) is 7.33. The summed E-state index contributed by atoms with van der Waals surface area (Å²) >= 11 is 0. The molecule has 0 spiro atoms. The molecular formula is C22H27N3O4. The number of nitrogens with zero attached hydrogens (tertiary/aromatic N) is 2. The van der Waals surface area contributed by atoms with Crippen LogP contribution in [0.5, 0.6) is 0 Å². The normalized spacial score (nSPS) is 16.2. The first-order valence-electron chi connectivity index (χ1n) is 9.97. The van der Waals surface area contributed by atoms with E-state index < -0.39 is 6.04 Å². The van der Waals surface area contributed by atoms with Crippen molar-refractivity contribution in [2.75, 3.05) is 26.2 Å². The van der Waals surface area contributed by atoms with Gasteiger partial charge in [-0.1, -0.05) is 38.5 Å². The molecule has 1 fully saturated rings. The van der Waals surface area contributed by atoms with Crippen molar-refractivity contribution in [3.63, 3.8) is 0 Å². The second kappa shape index (κ2) is 9.41. The Kier molecular flexibility index (Phi) is 6.69. The van der Waals surface area contributed by atoms with E-state index in [0.717, 1.165) is 6.42 Å². The number of hydrogen-bond acceptors (Lipinski definition) is 4.